The van der Waals surface area contributed by atoms with Gasteiger partial charge in [-0.3, -0.25) is 4.79 Å². The predicted molar refractivity (Wildman–Crippen MR) is 84.2 cm³/mol. The molecule has 2 heterocycles. The number of anilines is 1. The fraction of sp³-hybridized carbons (Fsp3) is 0.375. The number of likely N-dealkylation sites (tertiary alicyclic amines) is 1. The summed E-state index contributed by atoms with van der Waals surface area (Å²) in [4.78, 5) is 21.2. The topological polar surface area (TPSA) is 62.5 Å². The third-order valence-corrected chi connectivity index (χ3v) is 4.15. The van der Waals surface area contributed by atoms with Crippen molar-refractivity contribution in [3.8, 4) is 0 Å². The molecule has 1 atom stereocenters. The Hall–Kier alpha value is -2.14. The van der Waals surface area contributed by atoms with E-state index < -0.39 is 0 Å². The largest absolute Gasteiger partial charge is 0.384 e. The Kier molecular flexibility index (Phi) is 3.51. The van der Waals surface area contributed by atoms with Gasteiger partial charge in [-0.15, -0.1) is 0 Å². The first-order valence-electron chi connectivity index (χ1n) is 7.17. The number of likely N-dealkylation sites (N-methyl/N-ethyl adjacent to an activating group) is 1. The Balaban J connectivity index is 1.95. The number of pyridine rings is 1. The van der Waals surface area contributed by atoms with Gasteiger partial charge in [0.1, 0.15) is 5.82 Å². The molecule has 0 saturated carbocycles. The number of hydrogen-bond acceptors (Lipinski definition) is 4. The number of aromatic nitrogens is 1. The zero-order valence-corrected chi connectivity index (χ0v) is 12.4. The van der Waals surface area contributed by atoms with Crippen molar-refractivity contribution in [2.75, 3.05) is 32.9 Å². The monoisotopic (exact) mass is 284 g/mol. The van der Waals surface area contributed by atoms with Gasteiger partial charge in [0.25, 0.3) is 5.91 Å². The average Bonchev–Trinajstić information content (AvgIpc) is 2.95. The van der Waals surface area contributed by atoms with Crippen LogP contribution in [-0.2, 0) is 0 Å². The molecule has 0 bridgehead atoms. The highest BCUT2D eigenvalue weighted by Gasteiger charge is 2.29. The van der Waals surface area contributed by atoms with E-state index in [0.717, 1.165) is 30.4 Å². The maximum absolute atomic E-state index is 12.8. The Labute approximate surface area is 124 Å². The van der Waals surface area contributed by atoms with E-state index >= 15 is 0 Å². The number of carbonyl (C=O) groups is 1. The van der Waals surface area contributed by atoms with Crippen LogP contribution in [0.2, 0.25) is 0 Å². The summed E-state index contributed by atoms with van der Waals surface area (Å²) in [6.07, 6.45) is 1.01. The van der Waals surface area contributed by atoms with Crippen molar-refractivity contribution in [2.24, 2.45) is 0 Å². The van der Waals surface area contributed by atoms with E-state index in [1.807, 2.05) is 29.2 Å². The summed E-state index contributed by atoms with van der Waals surface area (Å²) < 4.78 is 0. The Bertz CT molecular complexity index is 683. The van der Waals surface area contributed by atoms with Gasteiger partial charge >= 0.3 is 0 Å². The molecule has 1 aliphatic heterocycles. The molecule has 1 saturated heterocycles. The minimum atomic E-state index is 0.0460. The molecule has 1 amide bonds. The van der Waals surface area contributed by atoms with Gasteiger partial charge in [-0.25, -0.2) is 4.98 Å². The predicted octanol–water partition coefficient (Wildman–Crippen LogP) is 1.59. The average molecular weight is 284 g/mol. The van der Waals surface area contributed by atoms with Gasteiger partial charge in [0, 0.05) is 24.5 Å². The van der Waals surface area contributed by atoms with Crippen molar-refractivity contribution in [2.45, 2.75) is 12.5 Å². The van der Waals surface area contributed by atoms with Gasteiger partial charge in [0.05, 0.1) is 11.1 Å². The zero-order chi connectivity index (χ0) is 15.0. The van der Waals surface area contributed by atoms with Gasteiger partial charge in [0.15, 0.2) is 0 Å². The van der Waals surface area contributed by atoms with Gasteiger partial charge in [-0.2, -0.15) is 0 Å². The lowest BCUT2D eigenvalue weighted by atomic mass is 10.1. The number of hydrogen-bond donors (Lipinski definition) is 1. The van der Waals surface area contributed by atoms with Crippen LogP contribution < -0.4 is 5.73 Å². The molecular weight excluding hydrogens is 264 g/mol. The van der Waals surface area contributed by atoms with E-state index in [1.54, 1.807) is 6.07 Å². The molecule has 21 heavy (non-hydrogen) atoms. The van der Waals surface area contributed by atoms with Gasteiger partial charge in [-0.05, 0) is 32.6 Å². The number of nitrogens with zero attached hydrogens (tertiary/aromatic N) is 3. The molecule has 1 aromatic heterocycles. The third kappa shape index (κ3) is 2.56. The first-order chi connectivity index (χ1) is 10.1. The van der Waals surface area contributed by atoms with Crippen LogP contribution in [0.4, 0.5) is 5.82 Å². The fourth-order valence-electron chi connectivity index (χ4n) is 2.89. The second-order valence-electron chi connectivity index (χ2n) is 5.77. The Morgan fingerprint density at radius 3 is 2.86 bits per heavy atom. The summed E-state index contributed by atoms with van der Waals surface area (Å²) in [7, 11) is 4.11. The summed E-state index contributed by atoms with van der Waals surface area (Å²) in [5.41, 5.74) is 7.26. The lowest BCUT2D eigenvalue weighted by molar-refractivity contribution is 0.0785. The molecule has 1 aromatic carbocycles. The number of nitrogen functional groups attached to an aromatic ring is 1. The molecule has 2 aromatic rings. The zero-order valence-electron chi connectivity index (χ0n) is 12.4. The van der Waals surface area contributed by atoms with E-state index in [1.165, 1.54) is 0 Å². The molecular formula is C16H20N4O. The van der Waals surface area contributed by atoms with Crippen molar-refractivity contribution >= 4 is 22.6 Å². The van der Waals surface area contributed by atoms with E-state index in [0.29, 0.717) is 17.4 Å². The molecule has 5 heteroatoms. The van der Waals surface area contributed by atoms with Gasteiger partial charge < -0.3 is 15.5 Å². The SMILES string of the molecule is CN(C)C1CCN(C(=O)c2cc(N)nc3ccccc23)C1. The summed E-state index contributed by atoms with van der Waals surface area (Å²) in [5.74, 6) is 0.435. The molecule has 1 aliphatic rings. The van der Waals surface area contributed by atoms with E-state index in [9.17, 15) is 4.79 Å². The second-order valence-corrected chi connectivity index (χ2v) is 5.77. The van der Waals surface area contributed by atoms with Crippen LogP contribution >= 0.6 is 0 Å². The molecule has 1 fully saturated rings. The lowest BCUT2D eigenvalue weighted by Gasteiger charge is -2.21. The maximum atomic E-state index is 12.8. The van der Waals surface area contributed by atoms with Crippen LogP contribution in [0.25, 0.3) is 10.9 Å². The van der Waals surface area contributed by atoms with Crippen LogP contribution in [0.1, 0.15) is 16.8 Å². The minimum absolute atomic E-state index is 0.0460. The molecule has 3 rings (SSSR count). The number of amides is 1. The fourth-order valence-corrected chi connectivity index (χ4v) is 2.89. The lowest BCUT2D eigenvalue weighted by Crippen LogP contribution is -2.34. The molecule has 0 spiro atoms. The molecule has 110 valence electrons. The highest BCUT2D eigenvalue weighted by atomic mass is 16.2. The van der Waals surface area contributed by atoms with Gasteiger partial charge in [0.2, 0.25) is 0 Å². The summed E-state index contributed by atoms with van der Waals surface area (Å²) >= 11 is 0. The first kappa shape index (κ1) is 13.8. The summed E-state index contributed by atoms with van der Waals surface area (Å²) in [6, 6.07) is 9.75. The van der Waals surface area contributed by atoms with Gasteiger partial charge in [-0.1, -0.05) is 18.2 Å². The smallest absolute Gasteiger partial charge is 0.254 e. The quantitative estimate of drug-likeness (QED) is 0.909. The van der Waals surface area contributed by atoms with Crippen molar-refractivity contribution in [1.29, 1.82) is 0 Å². The van der Waals surface area contributed by atoms with Crippen molar-refractivity contribution in [3.63, 3.8) is 0 Å². The van der Waals surface area contributed by atoms with E-state index in [4.69, 9.17) is 5.73 Å². The number of para-hydroxylation sites is 1. The summed E-state index contributed by atoms with van der Waals surface area (Å²) in [5, 5.41) is 0.866. The minimum Gasteiger partial charge on any atom is -0.384 e. The highest BCUT2D eigenvalue weighted by molar-refractivity contribution is 6.07. The van der Waals surface area contributed by atoms with E-state index in [-0.39, 0.29) is 5.91 Å². The van der Waals surface area contributed by atoms with Crippen molar-refractivity contribution in [3.05, 3.63) is 35.9 Å². The van der Waals surface area contributed by atoms with Crippen LogP contribution in [0.5, 0.6) is 0 Å². The molecule has 0 aliphatic carbocycles. The first-order valence-corrected chi connectivity index (χ1v) is 7.17. The van der Waals surface area contributed by atoms with Crippen LogP contribution in [0, 0.1) is 0 Å². The number of nitrogens with two attached hydrogens (primary N) is 1. The van der Waals surface area contributed by atoms with Crippen molar-refractivity contribution < 1.29 is 4.79 Å². The number of rotatable bonds is 2. The van der Waals surface area contributed by atoms with Crippen LogP contribution in [0.15, 0.2) is 30.3 Å². The summed E-state index contributed by atoms with van der Waals surface area (Å²) in [6.45, 7) is 1.56. The molecule has 2 N–H and O–H groups in total. The van der Waals surface area contributed by atoms with Crippen molar-refractivity contribution in [1.82, 2.24) is 14.8 Å². The normalized spacial score (nSPS) is 18.6. The third-order valence-electron chi connectivity index (χ3n) is 4.15. The molecule has 1 unspecified atom stereocenters. The Morgan fingerprint density at radius 1 is 1.38 bits per heavy atom. The number of fused-ring (bicyclic) bond motifs is 1. The highest BCUT2D eigenvalue weighted by Crippen LogP contribution is 2.23. The second kappa shape index (κ2) is 5.33. The number of benzene rings is 1. The van der Waals surface area contributed by atoms with Crippen LogP contribution in [-0.4, -0.2) is 53.9 Å². The van der Waals surface area contributed by atoms with E-state index in [2.05, 4.69) is 24.0 Å². The van der Waals surface area contributed by atoms with Crippen LogP contribution in [0.3, 0.4) is 0 Å². The Morgan fingerprint density at radius 2 is 2.14 bits per heavy atom. The number of carbonyl (C=O) groups excluding carboxylic acids is 1. The maximum Gasteiger partial charge on any atom is 0.254 e. The standard InChI is InChI=1S/C16H20N4O/c1-19(2)11-7-8-20(10-11)16(21)13-9-15(17)18-14-6-4-3-5-12(13)14/h3-6,9,11H,7-8,10H2,1-2H3,(H2,17,18). The molecule has 5 nitrogen and oxygen atoms in total. The molecule has 0 radical (unpaired) electrons.